The van der Waals surface area contributed by atoms with Crippen LogP contribution in [0.1, 0.15) is 42.5 Å². The summed E-state index contributed by atoms with van der Waals surface area (Å²) in [6.07, 6.45) is 7.56. The molecule has 4 bridgehead atoms. The molecule has 2 atom stereocenters. The van der Waals surface area contributed by atoms with Crippen LogP contribution in [-0.2, 0) is 21.1 Å². The van der Waals surface area contributed by atoms with Crippen molar-refractivity contribution >= 4 is 26.8 Å². The van der Waals surface area contributed by atoms with Crippen LogP contribution in [0.4, 0.5) is 0 Å². The van der Waals surface area contributed by atoms with E-state index in [0.717, 1.165) is 49.4 Å². The summed E-state index contributed by atoms with van der Waals surface area (Å²) in [5.41, 5.74) is 1.67. The van der Waals surface area contributed by atoms with Gasteiger partial charge in [0.25, 0.3) is 5.91 Å². The number of rotatable bonds is 7. The average molecular weight is 448 g/mol. The third-order valence-electron chi connectivity index (χ3n) is 7.20. The van der Waals surface area contributed by atoms with Crippen LogP contribution >= 0.6 is 0 Å². The molecule has 9 heteroatoms. The van der Waals surface area contributed by atoms with Crippen molar-refractivity contribution in [3.05, 3.63) is 30.1 Å². The lowest BCUT2D eigenvalue weighted by Gasteiger charge is -2.58. The van der Waals surface area contributed by atoms with E-state index in [-0.39, 0.29) is 24.5 Å². The number of imidazole rings is 1. The topological polar surface area (TPSA) is 111 Å². The molecule has 2 N–H and O–H groups in total. The van der Waals surface area contributed by atoms with Gasteiger partial charge >= 0.3 is 0 Å². The zero-order chi connectivity index (χ0) is 21.8. The van der Waals surface area contributed by atoms with Crippen LogP contribution in [0.2, 0.25) is 0 Å². The first-order chi connectivity index (χ1) is 14.7. The summed E-state index contributed by atoms with van der Waals surface area (Å²) in [7, 11) is -3.15. The van der Waals surface area contributed by atoms with Crippen molar-refractivity contribution in [1.29, 1.82) is 0 Å². The maximum absolute atomic E-state index is 13.0. The van der Waals surface area contributed by atoms with Crippen LogP contribution < -0.4 is 5.32 Å². The highest BCUT2D eigenvalue weighted by Gasteiger charge is 2.55. The predicted molar refractivity (Wildman–Crippen MR) is 115 cm³/mol. The standard InChI is InChI=1S/C22H29N3O5S/c1-31(28,29)13-30-5-4-25-12-23-18-8-15(2-3-19(18)25)21(26)24-20-16-6-14-7-17(20)11-22(27,9-14)10-16/h2-3,8,12,14,16-17,20,27H,4-7,9-11,13H2,1H3,(H,24,26)/t14?,16?,17?,20-,22-. The van der Waals surface area contributed by atoms with Crippen LogP contribution in [-0.4, -0.2) is 59.4 Å². The number of nitrogens with one attached hydrogen (secondary N) is 1. The van der Waals surface area contributed by atoms with Gasteiger partial charge in [0.2, 0.25) is 0 Å². The second-order valence-electron chi connectivity index (χ2n) is 9.79. The van der Waals surface area contributed by atoms with E-state index in [1.165, 1.54) is 0 Å². The van der Waals surface area contributed by atoms with Gasteiger partial charge in [-0.05, 0) is 68.1 Å². The van der Waals surface area contributed by atoms with Crippen molar-refractivity contribution in [3.63, 3.8) is 0 Å². The van der Waals surface area contributed by atoms with E-state index in [1.807, 2.05) is 10.6 Å². The van der Waals surface area contributed by atoms with Gasteiger partial charge in [-0.15, -0.1) is 0 Å². The van der Waals surface area contributed by atoms with Gasteiger partial charge in [-0.3, -0.25) is 4.79 Å². The van der Waals surface area contributed by atoms with Crippen molar-refractivity contribution < 1.29 is 23.1 Å². The molecule has 4 aliphatic rings. The van der Waals surface area contributed by atoms with E-state index in [4.69, 9.17) is 4.74 Å². The Morgan fingerprint density at radius 2 is 2.03 bits per heavy atom. The molecule has 0 spiro atoms. The smallest absolute Gasteiger partial charge is 0.251 e. The zero-order valence-electron chi connectivity index (χ0n) is 17.7. The number of hydrogen-bond donors (Lipinski definition) is 2. The Labute approximate surface area is 181 Å². The number of aliphatic hydroxyl groups is 1. The number of nitrogens with zero attached hydrogens (tertiary/aromatic N) is 2. The van der Waals surface area contributed by atoms with Crippen molar-refractivity contribution in [2.24, 2.45) is 17.8 Å². The number of amides is 1. The molecule has 4 aliphatic carbocycles. The van der Waals surface area contributed by atoms with Crippen molar-refractivity contribution in [1.82, 2.24) is 14.9 Å². The van der Waals surface area contributed by atoms with E-state index in [0.29, 0.717) is 29.9 Å². The Bertz CT molecular complexity index is 1100. The Balaban J connectivity index is 1.24. The third kappa shape index (κ3) is 4.23. The molecule has 1 aromatic heterocycles. The molecule has 1 aromatic carbocycles. The average Bonchev–Trinajstić information content (AvgIpc) is 3.08. The number of carbonyl (C=O) groups is 1. The summed E-state index contributed by atoms with van der Waals surface area (Å²) >= 11 is 0. The molecule has 2 unspecified atom stereocenters. The normalized spacial score (nSPS) is 31.9. The first-order valence-electron chi connectivity index (χ1n) is 10.9. The minimum absolute atomic E-state index is 0.0857. The first-order valence-corrected chi connectivity index (χ1v) is 13.0. The number of hydrogen-bond acceptors (Lipinski definition) is 6. The molecule has 6 rings (SSSR count). The van der Waals surface area contributed by atoms with Gasteiger partial charge in [-0.25, -0.2) is 13.4 Å². The highest BCUT2D eigenvalue weighted by molar-refractivity contribution is 7.90. The Kier molecular flexibility index (Phi) is 5.10. The van der Waals surface area contributed by atoms with E-state index in [9.17, 15) is 18.3 Å². The van der Waals surface area contributed by atoms with Crippen molar-refractivity contribution in [2.45, 2.75) is 50.3 Å². The van der Waals surface area contributed by atoms with E-state index in [1.54, 1.807) is 18.5 Å². The molecule has 0 radical (unpaired) electrons. The van der Waals surface area contributed by atoms with Gasteiger partial charge in [0.05, 0.1) is 29.6 Å². The molecule has 168 valence electrons. The van der Waals surface area contributed by atoms with Crippen LogP contribution in [0.25, 0.3) is 11.0 Å². The number of ether oxygens (including phenoxy) is 1. The largest absolute Gasteiger partial charge is 0.390 e. The monoisotopic (exact) mass is 447 g/mol. The number of benzene rings is 1. The van der Waals surface area contributed by atoms with E-state index >= 15 is 0 Å². The van der Waals surface area contributed by atoms with Gasteiger partial charge < -0.3 is 19.7 Å². The highest BCUT2D eigenvalue weighted by Crippen LogP contribution is 2.55. The second-order valence-corrected chi connectivity index (χ2v) is 11.9. The first kappa shape index (κ1) is 20.9. The fraction of sp³-hybridized carbons (Fsp3) is 0.636. The van der Waals surface area contributed by atoms with Crippen LogP contribution in [0.15, 0.2) is 24.5 Å². The molecular weight excluding hydrogens is 418 g/mol. The van der Waals surface area contributed by atoms with E-state index in [2.05, 4.69) is 10.3 Å². The summed E-state index contributed by atoms with van der Waals surface area (Å²) < 4.78 is 29.4. The molecule has 1 amide bonds. The summed E-state index contributed by atoms with van der Waals surface area (Å²) in [6, 6.07) is 5.61. The molecule has 2 aromatic rings. The molecule has 31 heavy (non-hydrogen) atoms. The van der Waals surface area contributed by atoms with Gasteiger partial charge in [0.1, 0.15) is 5.94 Å². The lowest BCUT2D eigenvalue weighted by atomic mass is 9.52. The Morgan fingerprint density at radius 1 is 1.29 bits per heavy atom. The Hall–Kier alpha value is -1.97. The summed E-state index contributed by atoms with van der Waals surface area (Å²) in [5, 5.41) is 14.0. The van der Waals surface area contributed by atoms with Crippen molar-refractivity contribution in [3.8, 4) is 0 Å². The van der Waals surface area contributed by atoms with E-state index < -0.39 is 15.4 Å². The lowest BCUT2D eigenvalue weighted by molar-refractivity contribution is -0.136. The van der Waals surface area contributed by atoms with Gasteiger partial charge in [0, 0.05) is 24.4 Å². The van der Waals surface area contributed by atoms with Gasteiger partial charge in [0.15, 0.2) is 9.84 Å². The maximum atomic E-state index is 13.0. The Morgan fingerprint density at radius 3 is 2.71 bits per heavy atom. The zero-order valence-corrected chi connectivity index (χ0v) is 18.5. The number of fused-ring (bicyclic) bond motifs is 1. The summed E-state index contributed by atoms with van der Waals surface area (Å²) in [4.78, 5) is 17.4. The molecule has 4 fully saturated rings. The maximum Gasteiger partial charge on any atom is 0.251 e. The minimum atomic E-state index is -3.15. The molecule has 1 heterocycles. The van der Waals surface area contributed by atoms with Crippen LogP contribution in [0, 0.1) is 17.8 Å². The molecule has 0 saturated heterocycles. The third-order valence-corrected chi connectivity index (χ3v) is 7.79. The lowest BCUT2D eigenvalue weighted by Crippen LogP contribution is -2.61. The molecule has 8 nitrogen and oxygen atoms in total. The molecule has 0 aliphatic heterocycles. The summed E-state index contributed by atoms with van der Waals surface area (Å²) in [5.74, 6) is 0.963. The number of aromatic nitrogens is 2. The van der Waals surface area contributed by atoms with Crippen molar-refractivity contribution in [2.75, 3.05) is 18.8 Å². The highest BCUT2D eigenvalue weighted by atomic mass is 32.2. The fourth-order valence-corrected chi connectivity index (χ4v) is 6.63. The van der Waals surface area contributed by atoms with Crippen LogP contribution in [0.3, 0.4) is 0 Å². The fourth-order valence-electron chi connectivity index (χ4n) is 6.21. The number of carbonyl (C=O) groups excluding carboxylic acids is 1. The SMILES string of the molecule is CS(=O)(=O)COCCn1cnc2cc(C(=O)N[C@H]3C4CC5CC3C[C@](O)(C5)C4)ccc21. The van der Waals surface area contributed by atoms with Crippen LogP contribution in [0.5, 0.6) is 0 Å². The van der Waals surface area contributed by atoms with Gasteiger partial charge in [-0.2, -0.15) is 0 Å². The summed E-state index contributed by atoms with van der Waals surface area (Å²) in [6.45, 7) is 0.742. The van der Waals surface area contributed by atoms with Gasteiger partial charge in [-0.1, -0.05) is 0 Å². The quantitative estimate of drug-likeness (QED) is 0.626. The predicted octanol–water partition coefficient (Wildman–Crippen LogP) is 1.72. The molecular formula is C22H29N3O5S. The minimum Gasteiger partial charge on any atom is -0.390 e. The number of sulfone groups is 1. The second kappa shape index (κ2) is 7.56. The molecule has 4 saturated carbocycles.